The first-order valence-corrected chi connectivity index (χ1v) is 4.01. The number of hydrogen-bond acceptors (Lipinski definition) is 6. The van der Waals surface area contributed by atoms with Crippen molar-refractivity contribution in [2.45, 2.75) is 6.92 Å². The molecule has 0 aliphatic rings. The Hall–Kier alpha value is -1.85. The van der Waals surface area contributed by atoms with Gasteiger partial charge in [-0.2, -0.15) is 9.97 Å². The standard InChI is InChI=1S/C8H10N2O4/c1-2-13-7(12)5-14-8-9-3-6(11)4-10-8/h3-4,11H,2,5H2,1H3. The van der Waals surface area contributed by atoms with E-state index in [1.54, 1.807) is 6.92 Å². The molecule has 0 aliphatic carbocycles. The molecule has 1 N–H and O–H groups in total. The third kappa shape index (κ3) is 3.26. The van der Waals surface area contributed by atoms with Gasteiger partial charge in [-0.3, -0.25) is 0 Å². The maximum atomic E-state index is 10.8. The van der Waals surface area contributed by atoms with Gasteiger partial charge in [-0.1, -0.05) is 0 Å². The quantitative estimate of drug-likeness (QED) is 0.692. The van der Waals surface area contributed by atoms with Gasteiger partial charge in [0.1, 0.15) is 0 Å². The number of nitrogens with zero attached hydrogens (tertiary/aromatic N) is 2. The van der Waals surface area contributed by atoms with E-state index >= 15 is 0 Å². The van der Waals surface area contributed by atoms with Crippen LogP contribution in [0.3, 0.4) is 0 Å². The first-order valence-electron chi connectivity index (χ1n) is 4.01. The van der Waals surface area contributed by atoms with Gasteiger partial charge in [0, 0.05) is 0 Å². The van der Waals surface area contributed by atoms with Crippen LogP contribution in [0.4, 0.5) is 0 Å². The van der Waals surface area contributed by atoms with Crippen molar-refractivity contribution in [3.8, 4) is 11.8 Å². The van der Waals surface area contributed by atoms with Gasteiger partial charge in [-0.15, -0.1) is 0 Å². The zero-order chi connectivity index (χ0) is 10.4. The molecule has 0 aromatic carbocycles. The fourth-order valence-electron chi connectivity index (χ4n) is 0.710. The van der Waals surface area contributed by atoms with Crippen LogP contribution in [-0.2, 0) is 9.53 Å². The average molecular weight is 198 g/mol. The fraction of sp³-hybridized carbons (Fsp3) is 0.375. The van der Waals surface area contributed by atoms with Crippen LogP contribution in [0.2, 0.25) is 0 Å². The lowest BCUT2D eigenvalue weighted by atomic mass is 10.6. The highest BCUT2D eigenvalue weighted by Gasteiger charge is 2.04. The third-order valence-electron chi connectivity index (χ3n) is 1.24. The monoisotopic (exact) mass is 198 g/mol. The molecular weight excluding hydrogens is 188 g/mol. The summed E-state index contributed by atoms with van der Waals surface area (Å²) < 4.78 is 9.49. The highest BCUT2D eigenvalue weighted by Crippen LogP contribution is 2.06. The Morgan fingerprint density at radius 3 is 2.71 bits per heavy atom. The van der Waals surface area contributed by atoms with Gasteiger partial charge in [-0.05, 0) is 6.92 Å². The molecule has 0 spiro atoms. The Morgan fingerprint density at radius 2 is 2.14 bits per heavy atom. The van der Waals surface area contributed by atoms with Gasteiger partial charge in [0.15, 0.2) is 12.4 Å². The highest BCUT2D eigenvalue weighted by molar-refractivity contribution is 5.70. The molecule has 1 rings (SSSR count). The second-order valence-corrected chi connectivity index (χ2v) is 2.32. The van der Waals surface area contributed by atoms with Crippen LogP contribution in [0.25, 0.3) is 0 Å². The van der Waals surface area contributed by atoms with E-state index in [1.807, 2.05) is 0 Å². The molecule has 0 radical (unpaired) electrons. The van der Waals surface area contributed by atoms with Gasteiger partial charge >= 0.3 is 12.0 Å². The maximum Gasteiger partial charge on any atom is 0.344 e. The number of hydrogen-bond donors (Lipinski definition) is 1. The highest BCUT2D eigenvalue weighted by atomic mass is 16.6. The lowest BCUT2D eigenvalue weighted by Gasteiger charge is -2.02. The molecule has 6 heteroatoms. The van der Waals surface area contributed by atoms with Gasteiger partial charge in [-0.25, -0.2) is 4.79 Å². The Kier molecular flexibility index (Phi) is 3.66. The smallest absolute Gasteiger partial charge is 0.344 e. The maximum absolute atomic E-state index is 10.8. The molecule has 76 valence electrons. The SMILES string of the molecule is CCOC(=O)COc1ncc(O)cn1. The zero-order valence-electron chi connectivity index (χ0n) is 7.64. The summed E-state index contributed by atoms with van der Waals surface area (Å²) in [7, 11) is 0. The van der Waals surface area contributed by atoms with Crippen molar-refractivity contribution >= 4 is 5.97 Å². The zero-order valence-corrected chi connectivity index (χ0v) is 7.64. The molecule has 1 heterocycles. The summed E-state index contributed by atoms with van der Waals surface area (Å²) in [6, 6.07) is 0.0239. The molecule has 0 aliphatic heterocycles. The fourth-order valence-corrected chi connectivity index (χ4v) is 0.710. The van der Waals surface area contributed by atoms with Crippen molar-refractivity contribution in [2.75, 3.05) is 13.2 Å². The van der Waals surface area contributed by atoms with Crippen molar-refractivity contribution in [2.24, 2.45) is 0 Å². The molecule has 0 saturated heterocycles. The lowest BCUT2D eigenvalue weighted by Crippen LogP contribution is -2.15. The summed E-state index contributed by atoms with van der Waals surface area (Å²) in [5.41, 5.74) is 0. The van der Waals surface area contributed by atoms with E-state index < -0.39 is 5.97 Å². The van der Waals surface area contributed by atoms with E-state index in [4.69, 9.17) is 9.84 Å². The summed E-state index contributed by atoms with van der Waals surface area (Å²) >= 11 is 0. The molecule has 1 aromatic rings. The van der Waals surface area contributed by atoms with Crippen LogP contribution in [0.1, 0.15) is 6.92 Å². The number of aromatic hydroxyl groups is 1. The Labute approximate surface area is 80.5 Å². The van der Waals surface area contributed by atoms with Crippen LogP contribution in [0.15, 0.2) is 12.4 Å². The molecule has 0 atom stereocenters. The summed E-state index contributed by atoms with van der Waals surface area (Å²) in [6.45, 7) is 1.77. The van der Waals surface area contributed by atoms with Crippen LogP contribution in [0, 0.1) is 0 Å². The van der Waals surface area contributed by atoms with E-state index in [2.05, 4.69) is 14.7 Å². The minimum Gasteiger partial charge on any atom is -0.505 e. The number of carbonyl (C=O) groups excluding carboxylic acids is 1. The van der Waals surface area contributed by atoms with E-state index in [0.717, 1.165) is 0 Å². The molecule has 0 amide bonds. The minimum atomic E-state index is -0.482. The van der Waals surface area contributed by atoms with Crippen molar-refractivity contribution < 1.29 is 19.4 Å². The number of rotatable bonds is 4. The molecule has 0 fully saturated rings. The largest absolute Gasteiger partial charge is 0.505 e. The van der Waals surface area contributed by atoms with E-state index in [0.29, 0.717) is 6.61 Å². The lowest BCUT2D eigenvalue weighted by molar-refractivity contribution is -0.145. The van der Waals surface area contributed by atoms with E-state index in [1.165, 1.54) is 12.4 Å². The second-order valence-electron chi connectivity index (χ2n) is 2.32. The number of carbonyl (C=O) groups is 1. The Morgan fingerprint density at radius 1 is 1.50 bits per heavy atom. The summed E-state index contributed by atoms with van der Waals surface area (Å²) in [5.74, 6) is -0.544. The predicted octanol–water partition coefficient (Wildman–Crippen LogP) is 0.124. The van der Waals surface area contributed by atoms with Crippen molar-refractivity contribution in [3.63, 3.8) is 0 Å². The summed E-state index contributed by atoms with van der Waals surface area (Å²) in [5, 5.41) is 8.85. The first-order chi connectivity index (χ1) is 6.72. The summed E-state index contributed by atoms with van der Waals surface area (Å²) in [4.78, 5) is 18.1. The van der Waals surface area contributed by atoms with Crippen LogP contribution in [0.5, 0.6) is 11.8 Å². The van der Waals surface area contributed by atoms with E-state index in [9.17, 15) is 4.79 Å². The van der Waals surface area contributed by atoms with Gasteiger partial charge in [0.05, 0.1) is 19.0 Å². The van der Waals surface area contributed by atoms with Crippen LogP contribution < -0.4 is 4.74 Å². The first kappa shape index (κ1) is 10.2. The van der Waals surface area contributed by atoms with Crippen molar-refractivity contribution in [1.82, 2.24) is 9.97 Å². The molecule has 1 aromatic heterocycles. The Balaban J connectivity index is 2.38. The molecule has 0 bridgehead atoms. The molecule has 14 heavy (non-hydrogen) atoms. The van der Waals surface area contributed by atoms with Gasteiger partial charge in [0.2, 0.25) is 0 Å². The second kappa shape index (κ2) is 5.00. The molecular formula is C8H10N2O4. The number of esters is 1. The van der Waals surface area contributed by atoms with Crippen molar-refractivity contribution in [1.29, 1.82) is 0 Å². The molecule has 6 nitrogen and oxygen atoms in total. The minimum absolute atomic E-state index is 0.0239. The average Bonchev–Trinajstić information content (AvgIpc) is 2.17. The topological polar surface area (TPSA) is 81.5 Å². The molecule has 0 saturated carbocycles. The van der Waals surface area contributed by atoms with E-state index in [-0.39, 0.29) is 18.4 Å². The van der Waals surface area contributed by atoms with Gasteiger partial charge in [0.25, 0.3) is 0 Å². The number of ether oxygens (including phenoxy) is 2. The normalized spacial score (nSPS) is 9.50. The van der Waals surface area contributed by atoms with Crippen molar-refractivity contribution in [3.05, 3.63) is 12.4 Å². The van der Waals surface area contributed by atoms with Gasteiger partial charge < -0.3 is 14.6 Å². The molecule has 0 unspecified atom stereocenters. The predicted molar refractivity (Wildman–Crippen MR) is 45.8 cm³/mol. The summed E-state index contributed by atoms with van der Waals surface area (Å²) in [6.07, 6.45) is 2.35. The van der Waals surface area contributed by atoms with Crippen LogP contribution in [-0.4, -0.2) is 34.3 Å². The Bertz CT molecular complexity index is 299. The number of aromatic nitrogens is 2. The third-order valence-corrected chi connectivity index (χ3v) is 1.24. The van der Waals surface area contributed by atoms with Crippen LogP contribution >= 0.6 is 0 Å².